The van der Waals surface area contributed by atoms with Gasteiger partial charge in [-0.1, -0.05) is 24.3 Å². The summed E-state index contributed by atoms with van der Waals surface area (Å²) in [5.74, 6) is 1.79. The third-order valence-corrected chi connectivity index (χ3v) is 4.92. The molecule has 1 N–H and O–H groups in total. The molecule has 2 atom stereocenters. The normalized spacial score (nSPS) is 18.4. The van der Waals surface area contributed by atoms with Crippen molar-refractivity contribution in [2.45, 2.75) is 44.9 Å². The summed E-state index contributed by atoms with van der Waals surface area (Å²) in [6, 6.07) is 8.47. The minimum absolute atomic E-state index is 0.103. The molecule has 1 aliphatic carbocycles. The molecular weight excluding hydrogens is 316 g/mol. The molecule has 1 heterocycles. The Kier molecular flexibility index (Phi) is 5.83. The second-order valence-electron chi connectivity index (χ2n) is 6.99. The van der Waals surface area contributed by atoms with E-state index in [4.69, 9.17) is 4.74 Å². The number of fused-ring (bicyclic) bond motifs is 1. The van der Waals surface area contributed by atoms with E-state index < -0.39 is 6.10 Å². The van der Waals surface area contributed by atoms with Crippen molar-refractivity contribution in [3.05, 3.63) is 47.0 Å². The van der Waals surface area contributed by atoms with Crippen LogP contribution in [0.25, 0.3) is 0 Å². The fourth-order valence-corrected chi connectivity index (χ4v) is 3.42. The summed E-state index contributed by atoms with van der Waals surface area (Å²) < 4.78 is 8.01. The van der Waals surface area contributed by atoms with Crippen molar-refractivity contribution < 1.29 is 9.84 Å². The number of hydrogen-bond donors (Lipinski definition) is 1. The number of nitrogens with zero attached hydrogens (tertiary/aromatic N) is 4. The molecule has 1 aromatic carbocycles. The van der Waals surface area contributed by atoms with Gasteiger partial charge in [0, 0.05) is 13.6 Å². The van der Waals surface area contributed by atoms with Gasteiger partial charge in [0.1, 0.15) is 11.6 Å². The smallest absolute Gasteiger partial charge is 0.146 e. The highest BCUT2D eigenvalue weighted by Gasteiger charge is 2.21. The number of benzene rings is 1. The van der Waals surface area contributed by atoms with Crippen LogP contribution in [0, 0.1) is 6.92 Å². The fourth-order valence-electron chi connectivity index (χ4n) is 3.42. The van der Waals surface area contributed by atoms with Crippen molar-refractivity contribution in [3.63, 3.8) is 0 Å². The van der Waals surface area contributed by atoms with E-state index in [1.54, 1.807) is 0 Å². The molecule has 0 radical (unpaired) electrons. The van der Waals surface area contributed by atoms with Crippen LogP contribution >= 0.6 is 0 Å². The second kappa shape index (κ2) is 8.08. The van der Waals surface area contributed by atoms with Crippen molar-refractivity contribution in [1.82, 2.24) is 19.7 Å². The minimum Gasteiger partial charge on any atom is -0.389 e. The van der Waals surface area contributed by atoms with Crippen LogP contribution in [0.1, 0.15) is 41.7 Å². The first-order valence-electron chi connectivity index (χ1n) is 8.95. The molecule has 1 aromatic heterocycles. The number of hydrogen-bond acceptors (Lipinski definition) is 5. The Morgan fingerprint density at radius 2 is 2.16 bits per heavy atom. The van der Waals surface area contributed by atoms with Crippen LogP contribution in [0.2, 0.25) is 0 Å². The van der Waals surface area contributed by atoms with Crippen molar-refractivity contribution in [3.8, 4) is 0 Å². The Morgan fingerprint density at radius 1 is 1.36 bits per heavy atom. The van der Waals surface area contributed by atoms with Gasteiger partial charge >= 0.3 is 0 Å². The third kappa shape index (κ3) is 4.45. The Hall–Kier alpha value is -1.76. The van der Waals surface area contributed by atoms with Gasteiger partial charge in [-0.2, -0.15) is 0 Å². The van der Waals surface area contributed by atoms with Crippen molar-refractivity contribution in [2.75, 3.05) is 20.2 Å². The fraction of sp³-hybridized carbons (Fsp3) is 0.579. The molecule has 0 saturated carbocycles. The molecule has 3 rings (SSSR count). The van der Waals surface area contributed by atoms with Gasteiger partial charge < -0.3 is 14.4 Å². The Labute approximate surface area is 149 Å². The van der Waals surface area contributed by atoms with E-state index in [2.05, 4.69) is 34.5 Å². The van der Waals surface area contributed by atoms with E-state index in [0.717, 1.165) is 30.9 Å². The lowest BCUT2D eigenvalue weighted by Crippen LogP contribution is -2.33. The molecule has 2 aromatic rings. The molecule has 2 unspecified atom stereocenters. The molecule has 136 valence electrons. The second-order valence-corrected chi connectivity index (χ2v) is 6.99. The Bertz CT molecular complexity index is 700. The summed E-state index contributed by atoms with van der Waals surface area (Å²) in [7, 11) is 3.93. The largest absolute Gasteiger partial charge is 0.389 e. The standard InChI is InChI=1S/C19H28N4O2/c1-14-20-21-19(23(14)3)12-22(2)11-16(24)13-25-18-10-6-8-15-7-4-5-9-17(15)18/h4-5,7,9,16,18,24H,6,8,10-13H2,1-3H3. The maximum atomic E-state index is 10.3. The first kappa shape index (κ1) is 18.0. The van der Waals surface area contributed by atoms with Crippen LogP contribution in [-0.2, 0) is 24.8 Å². The van der Waals surface area contributed by atoms with Gasteiger partial charge in [0.2, 0.25) is 0 Å². The maximum Gasteiger partial charge on any atom is 0.146 e. The summed E-state index contributed by atoms with van der Waals surface area (Å²) in [6.07, 6.45) is 2.87. The van der Waals surface area contributed by atoms with Crippen molar-refractivity contribution in [2.24, 2.45) is 7.05 Å². The SMILES string of the molecule is Cc1nnc(CN(C)CC(O)COC2CCCc3ccccc32)n1C. The number of aliphatic hydroxyl groups excluding tert-OH is 1. The molecule has 0 saturated heterocycles. The van der Waals surface area contributed by atoms with E-state index in [-0.39, 0.29) is 6.10 Å². The molecule has 0 bridgehead atoms. The Balaban J connectivity index is 1.48. The lowest BCUT2D eigenvalue weighted by molar-refractivity contribution is -0.0268. The number of aromatic nitrogens is 3. The van der Waals surface area contributed by atoms with E-state index in [9.17, 15) is 5.11 Å². The zero-order chi connectivity index (χ0) is 17.8. The Morgan fingerprint density at radius 3 is 2.92 bits per heavy atom. The monoisotopic (exact) mass is 344 g/mol. The predicted molar refractivity (Wildman–Crippen MR) is 96.2 cm³/mol. The van der Waals surface area contributed by atoms with Crippen molar-refractivity contribution >= 4 is 0 Å². The van der Waals surface area contributed by atoms with Gasteiger partial charge in [0.15, 0.2) is 0 Å². The summed E-state index contributed by atoms with van der Waals surface area (Å²) >= 11 is 0. The molecule has 0 amide bonds. The lowest BCUT2D eigenvalue weighted by Gasteiger charge is -2.27. The summed E-state index contributed by atoms with van der Waals surface area (Å²) in [5, 5.41) is 18.6. The molecule has 1 aliphatic rings. The van der Waals surface area contributed by atoms with Crippen LogP contribution in [0.3, 0.4) is 0 Å². The van der Waals surface area contributed by atoms with Crippen molar-refractivity contribution in [1.29, 1.82) is 0 Å². The first-order valence-corrected chi connectivity index (χ1v) is 8.95. The lowest BCUT2D eigenvalue weighted by atomic mass is 9.89. The van der Waals surface area contributed by atoms with Gasteiger partial charge in [-0.3, -0.25) is 4.90 Å². The number of likely N-dealkylation sites (N-methyl/N-ethyl adjacent to an activating group) is 1. The van der Waals surface area contributed by atoms with Gasteiger partial charge in [0.25, 0.3) is 0 Å². The molecule has 0 spiro atoms. The number of ether oxygens (including phenoxy) is 1. The minimum atomic E-state index is -0.520. The summed E-state index contributed by atoms with van der Waals surface area (Å²) in [6.45, 7) is 3.48. The molecule has 25 heavy (non-hydrogen) atoms. The molecule has 0 aliphatic heterocycles. The average Bonchev–Trinajstić information content (AvgIpc) is 2.92. The zero-order valence-electron chi connectivity index (χ0n) is 15.4. The quantitative estimate of drug-likeness (QED) is 0.832. The van der Waals surface area contributed by atoms with Crippen LogP contribution in [0.5, 0.6) is 0 Å². The first-order chi connectivity index (χ1) is 12.0. The predicted octanol–water partition coefficient (Wildman–Crippen LogP) is 2.01. The van der Waals surface area contributed by atoms with Gasteiger partial charge in [-0.25, -0.2) is 0 Å². The summed E-state index contributed by atoms with van der Waals surface area (Å²) in [4.78, 5) is 2.05. The molecule has 6 heteroatoms. The molecule has 6 nitrogen and oxygen atoms in total. The number of aryl methyl sites for hydroxylation is 2. The van der Waals surface area contributed by atoms with E-state index in [1.165, 1.54) is 11.1 Å². The van der Waals surface area contributed by atoms with Gasteiger partial charge in [0.05, 0.1) is 25.4 Å². The topological polar surface area (TPSA) is 63.4 Å². The average molecular weight is 344 g/mol. The maximum absolute atomic E-state index is 10.3. The van der Waals surface area contributed by atoms with Crippen LogP contribution < -0.4 is 0 Å². The van der Waals surface area contributed by atoms with Crippen LogP contribution in [0.4, 0.5) is 0 Å². The third-order valence-electron chi connectivity index (χ3n) is 4.92. The molecule has 0 fully saturated rings. The molecular formula is C19H28N4O2. The highest BCUT2D eigenvalue weighted by Crippen LogP contribution is 2.32. The van der Waals surface area contributed by atoms with Crippen LogP contribution in [0.15, 0.2) is 24.3 Å². The highest BCUT2D eigenvalue weighted by atomic mass is 16.5. The number of aliphatic hydroxyl groups is 1. The van der Waals surface area contributed by atoms with E-state index in [1.807, 2.05) is 30.5 Å². The van der Waals surface area contributed by atoms with Gasteiger partial charge in [-0.05, 0) is 44.4 Å². The summed E-state index contributed by atoms with van der Waals surface area (Å²) in [5.41, 5.74) is 2.66. The van der Waals surface area contributed by atoms with Crippen LogP contribution in [-0.4, -0.2) is 51.1 Å². The van der Waals surface area contributed by atoms with Gasteiger partial charge in [-0.15, -0.1) is 10.2 Å². The zero-order valence-corrected chi connectivity index (χ0v) is 15.4. The highest BCUT2D eigenvalue weighted by molar-refractivity contribution is 5.31. The van der Waals surface area contributed by atoms with E-state index >= 15 is 0 Å². The number of rotatable bonds is 7. The van der Waals surface area contributed by atoms with E-state index in [0.29, 0.717) is 19.7 Å².